The van der Waals surface area contributed by atoms with Crippen molar-refractivity contribution in [2.24, 2.45) is 0 Å². The Bertz CT molecular complexity index is 744. The number of ether oxygens (including phenoxy) is 2. The predicted octanol–water partition coefficient (Wildman–Crippen LogP) is 2.43. The molecular formula is C18H24N4O3. The van der Waals surface area contributed by atoms with Gasteiger partial charge in [0.05, 0.1) is 26.7 Å². The van der Waals surface area contributed by atoms with Gasteiger partial charge in [-0.3, -0.25) is 9.89 Å². The molecule has 1 amide bonds. The minimum Gasteiger partial charge on any atom is -0.493 e. The molecule has 0 bridgehead atoms. The molecule has 1 N–H and O–H groups in total. The van der Waals surface area contributed by atoms with E-state index in [-0.39, 0.29) is 11.9 Å². The Balaban J connectivity index is 1.76. The Kier molecular flexibility index (Phi) is 5.21. The Morgan fingerprint density at radius 2 is 2.08 bits per heavy atom. The van der Waals surface area contributed by atoms with Crippen molar-refractivity contribution in [3.05, 3.63) is 35.4 Å². The second-order valence-electron chi connectivity index (χ2n) is 6.24. The normalized spacial score (nSPS) is 17.4. The lowest BCUT2D eigenvalue weighted by molar-refractivity contribution is -0.134. The van der Waals surface area contributed by atoms with E-state index in [0.29, 0.717) is 23.7 Å². The summed E-state index contributed by atoms with van der Waals surface area (Å²) in [4.78, 5) is 19.2. The van der Waals surface area contributed by atoms with E-state index in [1.54, 1.807) is 14.2 Å². The summed E-state index contributed by atoms with van der Waals surface area (Å²) in [5, 5.41) is 7.14. The number of H-pyrrole nitrogens is 1. The maximum Gasteiger partial charge on any atom is 0.227 e. The van der Waals surface area contributed by atoms with Gasteiger partial charge in [-0.2, -0.15) is 5.10 Å². The quantitative estimate of drug-likeness (QED) is 0.901. The van der Waals surface area contributed by atoms with Crippen LogP contribution in [-0.4, -0.2) is 46.8 Å². The fraction of sp³-hybridized carbons (Fsp3) is 0.500. The second kappa shape index (κ2) is 7.55. The second-order valence-corrected chi connectivity index (χ2v) is 6.24. The number of likely N-dealkylation sites (tertiary alicyclic amines) is 1. The standard InChI is InChI=1S/C18H24N4O3/c1-12-19-18(21-20-12)14-6-4-5-9-22(14)17(23)11-13-7-8-15(24-2)16(10-13)25-3/h7-8,10,14H,4-6,9,11H2,1-3H3,(H,19,20,21). The topological polar surface area (TPSA) is 80.3 Å². The van der Waals surface area contributed by atoms with Crippen molar-refractivity contribution in [2.45, 2.75) is 38.6 Å². The molecule has 0 radical (unpaired) electrons. The molecule has 134 valence electrons. The highest BCUT2D eigenvalue weighted by molar-refractivity contribution is 5.79. The van der Waals surface area contributed by atoms with Crippen LogP contribution in [-0.2, 0) is 11.2 Å². The molecule has 2 aromatic rings. The van der Waals surface area contributed by atoms with Gasteiger partial charge in [0.15, 0.2) is 17.3 Å². The fourth-order valence-corrected chi connectivity index (χ4v) is 3.27. The first kappa shape index (κ1) is 17.3. The van der Waals surface area contributed by atoms with Gasteiger partial charge < -0.3 is 14.4 Å². The smallest absolute Gasteiger partial charge is 0.227 e. The molecule has 1 aliphatic heterocycles. The average Bonchev–Trinajstić information content (AvgIpc) is 3.07. The van der Waals surface area contributed by atoms with Crippen molar-refractivity contribution in [3.8, 4) is 11.5 Å². The molecule has 2 heterocycles. The van der Waals surface area contributed by atoms with Crippen LogP contribution in [0.1, 0.15) is 42.5 Å². The summed E-state index contributed by atoms with van der Waals surface area (Å²) in [5.41, 5.74) is 0.901. The van der Waals surface area contributed by atoms with E-state index >= 15 is 0 Å². The summed E-state index contributed by atoms with van der Waals surface area (Å²) < 4.78 is 10.6. The molecular weight excluding hydrogens is 320 g/mol. The molecule has 1 aromatic carbocycles. The molecule has 1 atom stereocenters. The number of rotatable bonds is 5. The van der Waals surface area contributed by atoms with Gasteiger partial charge in [-0.1, -0.05) is 6.07 Å². The van der Waals surface area contributed by atoms with E-state index in [4.69, 9.17) is 9.47 Å². The zero-order valence-corrected chi connectivity index (χ0v) is 14.9. The zero-order valence-electron chi connectivity index (χ0n) is 14.9. The number of nitrogens with one attached hydrogen (secondary N) is 1. The van der Waals surface area contributed by atoms with Crippen molar-refractivity contribution in [3.63, 3.8) is 0 Å². The van der Waals surface area contributed by atoms with E-state index < -0.39 is 0 Å². The Labute approximate surface area is 147 Å². The van der Waals surface area contributed by atoms with E-state index in [0.717, 1.165) is 37.2 Å². The number of methoxy groups -OCH3 is 2. The first-order chi connectivity index (χ1) is 12.1. The molecule has 25 heavy (non-hydrogen) atoms. The molecule has 1 aromatic heterocycles. The average molecular weight is 344 g/mol. The summed E-state index contributed by atoms with van der Waals surface area (Å²) in [6.07, 6.45) is 3.31. The van der Waals surface area contributed by atoms with E-state index in [1.165, 1.54) is 0 Å². The molecule has 1 fully saturated rings. The number of piperidine rings is 1. The van der Waals surface area contributed by atoms with Gasteiger partial charge >= 0.3 is 0 Å². The first-order valence-electron chi connectivity index (χ1n) is 8.51. The van der Waals surface area contributed by atoms with E-state index in [2.05, 4.69) is 15.2 Å². The lowest BCUT2D eigenvalue weighted by Gasteiger charge is -2.34. The molecule has 7 heteroatoms. The fourth-order valence-electron chi connectivity index (χ4n) is 3.27. The zero-order chi connectivity index (χ0) is 17.8. The van der Waals surface area contributed by atoms with Gasteiger partial charge in [-0.15, -0.1) is 0 Å². The maximum absolute atomic E-state index is 12.9. The number of hydrogen-bond acceptors (Lipinski definition) is 5. The van der Waals surface area contributed by atoms with Crippen molar-refractivity contribution in [1.29, 1.82) is 0 Å². The van der Waals surface area contributed by atoms with Crippen LogP contribution in [0.15, 0.2) is 18.2 Å². The third-order valence-corrected chi connectivity index (χ3v) is 4.54. The third kappa shape index (κ3) is 3.75. The number of aryl methyl sites for hydroxylation is 1. The highest BCUT2D eigenvalue weighted by Crippen LogP contribution is 2.31. The van der Waals surface area contributed by atoms with Crippen LogP contribution in [0, 0.1) is 6.92 Å². The number of benzene rings is 1. The lowest BCUT2D eigenvalue weighted by Crippen LogP contribution is -2.39. The highest BCUT2D eigenvalue weighted by atomic mass is 16.5. The number of nitrogens with zero attached hydrogens (tertiary/aromatic N) is 3. The van der Waals surface area contributed by atoms with Crippen molar-refractivity contribution < 1.29 is 14.3 Å². The Morgan fingerprint density at radius 1 is 1.28 bits per heavy atom. The molecule has 7 nitrogen and oxygen atoms in total. The van der Waals surface area contributed by atoms with Gasteiger partial charge in [0, 0.05) is 6.54 Å². The third-order valence-electron chi connectivity index (χ3n) is 4.54. The van der Waals surface area contributed by atoms with Crippen LogP contribution in [0.25, 0.3) is 0 Å². The van der Waals surface area contributed by atoms with Gasteiger partial charge in [0.2, 0.25) is 5.91 Å². The number of amides is 1. The summed E-state index contributed by atoms with van der Waals surface area (Å²) in [6.45, 7) is 2.61. The van der Waals surface area contributed by atoms with E-state index in [1.807, 2.05) is 30.0 Å². The van der Waals surface area contributed by atoms with Crippen molar-refractivity contribution >= 4 is 5.91 Å². The molecule has 0 aliphatic carbocycles. The van der Waals surface area contributed by atoms with Gasteiger partial charge in [0.1, 0.15) is 5.82 Å². The SMILES string of the molecule is COc1ccc(CC(=O)N2CCCCC2c2n[nH]c(C)n2)cc1OC. The Hall–Kier alpha value is -2.57. The molecule has 1 unspecified atom stereocenters. The number of carbonyl (C=O) groups excluding carboxylic acids is 1. The number of aromatic nitrogens is 3. The van der Waals surface area contributed by atoms with Crippen LogP contribution in [0.4, 0.5) is 0 Å². The lowest BCUT2D eigenvalue weighted by atomic mass is 10.00. The summed E-state index contributed by atoms with van der Waals surface area (Å²) in [5.74, 6) is 2.85. The summed E-state index contributed by atoms with van der Waals surface area (Å²) in [7, 11) is 3.19. The van der Waals surface area contributed by atoms with E-state index in [9.17, 15) is 4.79 Å². The van der Waals surface area contributed by atoms with Gasteiger partial charge in [-0.25, -0.2) is 4.98 Å². The first-order valence-corrected chi connectivity index (χ1v) is 8.51. The van der Waals surface area contributed by atoms with Crippen LogP contribution < -0.4 is 9.47 Å². The monoisotopic (exact) mass is 344 g/mol. The maximum atomic E-state index is 12.9. The summed E-state index contributed by atoms with van der Waals surface area (Å²) >= 11 is 0. The number of carbonyl (C=O) groups is 1. The number of aromatic amines is 1. The minimum absolute atomic E-state index is 0.0497. The van der Waals surface area contributed by atoms with Crippen LogP contribution in [0.5, 0.6) is 11.5 Å². The van der Waals surface area contributed by atoms with Crippen molar-refractivity contribution in [2.75, 3.05) is 20.8 Å². The largest absolute Gasteiger partial charge is 0.493 e. The molecule has 3 rings (SSSR count). The van der Waals surface area contributed by atoms with Crippen LogP contribution in [0.3, 0.4) is 0 Å². The minimum atomic E-state index is -0.0497. The van der Waals surface area contributed by atoms with Gasteiger partial charge in [-0.05, 0) is 43.9 Å². The van der Waals surface area contributed by atoms with Crippen LogP contribution in [0.2, 0.25) is 0 Å². The number of hydrogen-bond donors (Lipinski definition) is 1. The highest BCUT2D eigenvalue weighted by Gasteiger charge is 2.30. The van der Waals surface area contributed by atoms with Crippen molar-refractivity contribution in [1.82, 2.24) is 20.1 Å². The molecule has 0 spiro atoms. The Morgan fingerprint density at radius 3 is 2.76 bits per heavy atom. The molecule has 0 saturated carbocycles. The van der Waals surface area contributed by atoms with Gasteiger partial charge in [0.25, 0.3) is 0 Å². The molecule has 1 saturated heterocycles. The summed E-state index contributed by atoms with van der Waals surface area (Å²) in [6, 6.07) is 5.53. The predicted molar refractivity (Wildman–Crippen MR) is 92.7 cm³/mol. The molecule has 1 aliphatic rings. The van der Waals surface area contributed by atoms with Crippen LogP contribution >= 0.6 is 0 Å².